The Morgan fingerprint density at radius 2 is 2.16 bits per heavy atom. The van der Waals surface area contributed by atoms with E-state index < -0.39 is 0 Å². The molecule has 0 spiro atoms. The third kappa shape index (κ3) is 4.23. The van der Waals surface area contributed by atoms with Gasteiger partial charge in [0, 0.05) is 11.9 Å². The largest absolute Gasteiger partial charge is 0.487 e. The van der Waals surface area contributed by atoms with E-state index in [0.717, 1.165) is 22.7 Å². The molecule has 3 rings (SSSR count). The molecule has 0 fully saturated rings. The topological polar surface area (TPSA) is 79.9 Å². The zero-order chi connectivity index (χ0) is 17.6. The fraction of sp³-hybridized carbons (Fsp3) is 0.211. The van der Waals surface area contributed by atoms with Crippen molar-refractivity contribution in [1.29, 1.82) is 0 Å². The summed E-state index contributed by atoms with van der Waals surface area (Å²) in [5, 5.41) is 9.62. The normalized spacial score (nSPS) is 11.8. The van der Waals surface area contributed by atoms with Crippen molar-refractivity contribution in [2.24, 2.45) is 0 Å². The van der Waals surface area contributed by atoms with E-state index in [1.807, 2.05) is 56.3 Å². The molecule has 128 valence electrons. The predicted molar refractivity (Wildman–Crippen MR) is 94.2 cm³/mol. The van der Waals surface area contributed by atoms with Gasteiger partial charge in [-0.1, -0.05) is 18.2 Å². The molecule has 0 radical (unpaired) electrons. The van der Waals surface area contributed by atoms with Crippen LogP contribution in [-0.2, 0) is 6.61 Å². The Hall–Kier alpha value is -3.15. The van der Waals surface area contributed by atoms with Crippen molar-refractivity contribution in [2.45, 2.75) is 26.5 Å². The number of aryl methyl sites for hydroxylation is 1. The van der Waals surface area contributed by atoms with Gasteiger partial charge in [0.15, 0.2) is 0 Å². The molecule has 1 aromatic carbocycles. The first-order valence-electron chi connectivity index (χ1n) is 8.07. The second kappa shape index (κ2) is 7.61. The van der Waals surface area contributed by atoms with E-state index in [9.17, 15) is 4.79 Å². The van der Waals surface area contributed by atoms with Crippen LogP contribution in [0.3, 0.4) is 0 Å². The maximum Gasteiger partial charge on any atom is 0.255 e. The highest BCUT2D eigenvalue weighted by Gasteiger charge is 2.15. The summed E-state index contributed by atoms with van der Waals surface area (Å²) in [7, 11) is 0. The molecule has 6 heteroatoms. The van der Waals surface area contributed by atoms with Crippen molar-refractivity contribution >= 4 is 5.91 Å². The van der Waals surface area contributed by atoms with E-state index in [1.165, 1.54) is 6.20 Å². The summed E-state index contributed by atoms with van der Waals surface area (Å²) in [5.74, 6) is 0.585. The minimum absolute atomic E-state index is 0.153. The number of hydrogen-bond donors (Lipinski definition) is 2. The van der Waals surface area contributed by atoms with E-state index in [4.69, 9.17) is 4.74 Å². The van der Waals surface area contributed by atoms with Gasteiger partial charge < -0.3 is 10.1 Å². The number of ether oxygens (including phenoxy) is 1. The third-order valence-corrected chi connectivity index (χ3v) is 3.89. The van der Waals surface area contributed by atoms with Crippen LogP contribution in [0.15, 0.2) is 54.9 Å². The van der Waals surface area contributed by atoms with Gasteiger partial charge in [-0.15, -0.1) is 0 Å². The Labute approximate surface area is 146 Å². The lowest BCUT2D eigenvalue weighted by molar-refractivity contribution is 0.0939. The van der Waals surface area contributed by atoms with Gasteiger partial charge in [0.05, 0.1) is 23.5 Å². The van der Waals surface area contributed by atoms with Crippen LogP contribution in [0.1, 0.15) is 40.3 Å². The number of H-pyrrole nitrogens is 1. The SMILES string of the molecule is Cc1[nH]ncc1C(=O)N[C@H](C)c1cccc(OCc2ccccn2)c1. The molecule has 0 unspecified atom stereocenters. The van der Waals surface area contributed by atoms with E-state index >= 15 is 0 Å². The number of nitrogens with one attached hydrogen (secondary N) is 2. The molecule has 25 heavy (non-hydrogen) atoms. The fourth-order valence-corrected chi connectivity index (χ4v) is 2.45. The molecule has 2 heterocycles. The quantitative estimate of drug-likeness (QED) is 0.724. The zero-order valence-corrected chi connectivity index (χ0v) is 14.2. The first-order chi connectivity index (χ1) is 12.1. The first kappa shape index (κ1) is 16.7. The Bertz CT molecular complexity index is 845. The molecule has 0 aliphatic rings. The molecule has 2 N–H and O–H groups in total. The average Bonchev–Trinajstić information content (AvgIpc) is 3.07. The molecular weight excluding hydrogens is 316 g/mol. The number of pyridine rings is 1. The smallest absolute Gasteiger partial charge is 0.255 e. The van der Waals surface area contributed by atoms with Gasteiger partial charge in [-0.2, -0.15) is 5.10 Å². The van der Waals surface area contributed by atoms with Crippen molar-refractivity contribution < 1.29 is 9.53 Å². The average molecular weight is 336 g/mol. The third-order valence-electron chi connectivity index (χ3n) is 3.89. The van der Waals surface area contributed by atoms with Crippen molar-refractivity contribution in [3.8, 4) is 5.75 Å². The van der Waals surface area contributed by atoms with E-state index in [-0.39, 0.29) is 11.9 Å². The van der Waals surface area contributed by atoms with Crippen molar-refractivity contribution in [3.05, 3.63) is 77.4 Å². The molecule has 0 saturated heterocycles. The van der Waals surface area contributed by atoms with Crippen LogP contribution in [0, 0.1) is 6.92 Å². The molecule has 0 aliphatic heterocycles. The van der Waals surface area contributed by atoms with Crippen LogP contribution in [0.5, 0.6) is 5.75 Å². The molecule has 6 nitrogen and oxygen atoms in total. The number of nitrogens with zero attached hydrogens (tertiary/aromatic N) is 2. The summed E-state index contributed by atoms with van der Waals surface area (Å²) in [6, 6.07) is 13.3. The monoisotopic (exact) mass is 336 g/mol. The number of benzene rings is 1. The zero-order valence-electron chi connectivity index (χ0n) is 14.2. The minimum Gasteiger partial charge on any atom is -0.487 e. The Balaban J connectivity index is 1.64. The van der Waals surface area contributed by atoms with Crippen molar-refractivity contribution in [2.75, 3.05) is 0 Å². The van der Waals surface area contributed by atoms with Crippen molar-refractivity contribution in [3.63, 3.8) is 0 Å². The molecule has 0 saturated carbocycles. The van der Waals surface area contributed by atoms with Gasteiger partial charge in [0.2, 0.25) is 0 Å². The number of amides is 1. The summed E-state index contributed by atoms with van der Waals surface area (Å²) < 4.78 is 5.79. The van der Waals surface area contributed by atoms with Gasteiger partial charge in [-0.3, -0.25) is 14.9 Å². The molecule has 2 aromatic heterocycles. The lowest BCUT2D eigenvalue weighted by atomic mass is 10.1. The summed E-state index contributed by atoms with van der Waals surface area (Å²) in [4.78, 5) is 16.5. The number of aromatic nitrogens is 3. The van der Waals surface area contributed by atoms with Gasteiger partial charge in [0.1, 0.15) is 12.4 Å². The van der Waals surface area contributed by atoms with Gasteiger partial charge in [0.25, 0.3) is 5.91 Å². The second-order valence-electron chi connectivity index (χ2n) is 5.79. The highest BCUT2D eigenvalue weighted by Crippen LogP contribution is 2.20. The number of hydrogen-bond acceptors (Lipinski definition) is 4. The van der Waals surface area contributed by atoms with E-state index in [0.29, 0.717) is 12.2 Å². The molecule has 0 bridgehead atoms. The number of aromatic amines is 1. The standard InChI is InChI=1S/C19H20N4O2/c1-13(22-19(24)18-11-21-23-14(18)2)15-6-5-8-17(10-15)25-12-16-7-3-4-9-20-16/h3-11,13H,12H2,1-2H3,(H,21,23)(H,22,24)/t13-/m1/s1. The summed E-state index contributed by atoms with van der Waals surface area (Å²) in [6.45, 7) is 4.16. The van der Waals surface area contributed by atoms with Crippen molar-refractivity contribution in [1.82, 2.24) is 20.5 Å². The summed E-state index contributed by atoms with van der Waals surface area (Å²) in [5.41, 5.74) is 3.13. The lowest BCUT2D eigenvalue weighted by Crippen LogP contribution is -2.26. The molecule has 3 aromatic rings. The Kier molecular flexibility index (Phi) is 5.09. The number of rotatable bonds is 6. The van der Waals surface area contributed by atoms with Crippen LogP contribution in [0.2, 0.25) is 0 Å². The maximum absolute atomic E-state index is 12.3. The van der Waals surface area contributed by atoms with Crippen LogP contribution < -0.4 is 10.1 Å². The maximum atomic E-state index is 12.3. The Morgan fingerprint density at radius 3 is 2.88 bits per heavy atom. The highest BCUT2D eigenvalue weighted by atomic mass is 16.5. The Morgan fingerprint density at radius 1 is 1.28 bits per heavy atom. The number of carbonyl (C=O) groups excluding carboxylic acids is 1. The molecule has 1 amide bonds. The minimum atomic E-state index is -0.154. The molecule has 1 atom stereocenters. The van der Waals surface area contributed by atoms with Crippen LogP contribution in [0.25, 0.3) is 0 Å². The summed E-state index contributed by atoms with van der Waals surface area (Å²) >= 11 is 0. The molecular formula is C19H20N4O2. The first-order valence-corrected chi connectivity index (χ1v) is 8.07. The van der Waals surface area contributed by atoms with Gasteiger partial charge in [-0.05, 0) is 43.7 Å². The summed E-state index contributed by atoms with van der Waals surface area (Å²) in [6.07, 6.45) is 3.27. The fourth-order valence-electron chi connectivity index (χ4n) is 2.45. The van der Waals surface area contributed by atoms with E-state index in [2.05, 4.69) is 20.5 Å². The van der Waals surface area contributed by atoms with Gasteiger partial charge >= 0.3 is 0 Å². The van der Waals surface area contributed by atoms with Crippen LogP contribution in [0.4, 0.5) is 0 Å². The van der Waals surface area contributed by atoms with E-state index in [1.54, 1.807) is 6.20 Å². The van der Waals surface area contributed by atoms with Gasteiger partial charge in [-0.25, -0.2) is 0 Å². The second-order valence-corrected chi connectivity index (χ2v) is 5.79. The van der Waals surface area contributed by atoms with Crippen LogP contribution in [-0.4, -0.2) is 21.1 Å². The predicted octanol–water partition coefficient (Wildman–Crippen LogP) is 3.18. The highest BCUT2D eigenvalue weighted by molar-refractivity contribution is 5.95. The molecule has 0 aliphatic carbocycles. The number of carbonyl (C=O) groups is 1. The van der Waals surface area contributed by atoms with Crippen LogP contribution >= 0.6 is 0 Å². The lowest BCUT2D eigenvalue weighted by Gasteiger charge is -2.15.